The molecule has 0 fully saturated rings. The van der Waals surface area contributed by atoms with Crippen LogP contribution in [0.4, 0.5) is 5.69 Å². The smallest absolute Gasteiger partial charge is 0.248 e. The molecule has 2 amide bonds. The van der Waals surface area contributed by atoms with Crippen LogP contribution in [-0.2, 0) is 4.79 Å². The minimum Gasteiger partial charge on any atom is -0.366 e. The fraction of sp³-hybridized carbons (Fsp3) is 0.429. The molecule has 0 aliphatic rings. The van der Waals surface area contributed by atoms with Gasteiger partial charge in [0.25, 0.3) is 0 Å². The molecule has 0 bridgehead atoms. The fourth-order valence-electron chi connectivity index (χ4n) is 1.49. The van der Waals surface area contributed by atoms with Crippen LogP contribution in [-0.4, -0.2) is 23.9 Å². The summed E-state index contributed by atoms with van der Waals surface area (Å²) in [6.45, 7) is 6.77. The summed E-state index contributed by atoms with van der Waals surface area (Å²) in [5.74, 6) is -0.546. The van der Waals surface area contributed by atoms with Crippen LogP contribution in [0.2, 0.25) is 0 Å². The van der Waals surface area contributed by atoms with Crippen LogP contribution in [0.1, 0.15) is 37.6 Å². The Morgan fingerprint density at radius 1 is 1.16 bits per heavy atom. The Morgan fingerprint density at radius 2 is 1.74 bits per heavy atom. The molecule has 0 spiro atoms. The van der Waals surface area contributed by atoms with E-state index in [4.69, 9.17) is 5.73 Å². The van der Waals surface area contributed by atoms with E-state index in [0.717, 1.165) is 0 Å². The van der Waals surface area contributed by atoms with E-state index in [1.807, 2.05) is 20.8 Å². The highest BCUT2D eigenvalue weighted by molar-refractivity contribution is 5.94. The van der Waals surface area contributed by atoms with Crippen LogP contribution in [0.25, 0.3) is 0 Å². The van der Waals surface area contributed by atoms with Crippen LogP contribution in [0.15, 0.2) is 24.3 Å². The lowest BCUT2D eigenvalue weighted by Gasteiger charge is -2.20. The van der Waals surface area contributed by atoms with Gasteiger partial charge in [0.15, 0.2) is 0 Å². The number of carbonyl (C=O) groups is 2. The van der Waals surface area contributed by atoms with Crippen molar-refractivity contribution in [3.63, 3.8) is 0 Å². The number of anilines is 1. The molecule has 0 aliphatic carbocycles. The maximum atomic E-state index is 11.7. The second-order valence-corrected chi connectivity index (χ2v) is 5.42. The number of nitrogens with one attached hydrogen (secondary N) is 2. The first-order valence-electron chi connectivity index (χ1n) is 6.23. The summed E-state index contributed by atoms with van der Waals surface area (Å²) in [6, 6.07) is 6.50. The normalized spacial score (nSPS) is 11.1. The minimum absolute atomic E-state index is 0.00339. The van der Waals surface area contributed by atoms with E-state index in [2.05, 4.69) is 10.6 Å². The summed E-state index contributed by atoms with van der Waals surface area (Å²) in [5, 5.41) is 6.00. The van der Waals surface area contributed by atoms with Gasteiger partial charge in [-0.2, -0.15) is 0 Å². The van der Waals surface area contributed by atoms with E-state index in [0.29, 0.717) is 24.2 Å². The Kier molecular flexibility index (Phi) is 5.06. The van der Waals surface area contributed by atoms with Crippen molar-refractivity contribution in [1.29, 1.82) is 0 Å². The van der Waals surface area contributed by atoms with Crippen molar-refractivity contribution >= 4 is 17.5 Å². The molecule has 1 aromatic rings. The Hall–Kier alpha value is -1.88. The molecule has 5 nitrogen and oxygen atoms in total. The Balaban J connectivity index is 2.42. The maximum absolute atomic E-state index is 11.7. The van der Waals surface area contributed by atoms with E-state index in [-0.39, 0.29) is 11.4 Å². The molecule has 104 valence electrons. The maximum Gasteiger partial charge on any atom is 0.248 e. The zero-order valence-corrected chi connectivity index (χ0v) is 11.6. The molecule has 0 atom stereocenters. The zero-order chi connectivity index (χ0) is 14.5. The van der Waals surface area contributed by atoms with Crippen molar-refractivity contribution in [3.8, 4) is 0 Å². The lowest BCUT2D eigenvalue weighted by atomic mass is 10.1. The van der Waals surface area contributed by atoms with E-state index in [1.54, 1.807) is 24.3 Å². The summed E-state index contributed by atoms with van der Waals surface area (Å²) in [7, 11) is 0. The SMILES string of the molecule is CC(C)(C)NCCC(=O)Nc1ccc(C(N)=O)cc1. The van der Waals surface area contributed by atoms with Gasteiger partial charge in [-0.1, -0.05) is 0 Å². The van der Waals surface area contributed by atoms with Crippen LogP contribution < -0.4 is 16.4 Å². The first-order chi connectivity index (χ1) is 8.78. The van der Waals surface area contributed by atoms with Crippen LogP contribution >= 0.6 is 0 Å². The third-order valence-corrected chi connectivity index (χ3v) is 2.46. The molecule has 1 aromatic carbocycles. The minimum atomic E-state index is -0.479. The average Bonchev–Trinajstić information content (AvgIpc) is 2.27. The lowest BCUT2D eigenvalue weighted by Crippen LogP contribution is -2.37. The van der Waals surface area contributed by atoms with E-state index < -0.39 is 5.91 Å². The molecule has 1 rings (SSSR count). The van der Waals surface area contributed by atoms with Crippen molar-refractivity contribution in [2.75, 3.05) is 11.9 Å². The highest BCUT2D eigenvalue weighted by atomic mass is 16.2. The van der Waals surface area contributed by atoms with Gasteiger partial charge >= 0.3 is 0 Å². The number of primary amides is 1. The molecule has 0 saturated heterocycles. The van der Waals surface area contributed by atoms with E-state index >= 15 is 0 Å². The molecule has 4 N–H and O–H groups in total. The van der Waals surface area contributed by atoms with Gasteiger partial charge in [0.1, 0.15) is 0 Å². The van der Waals surface area contributed by atoms with Gasteiger partial charge in [0, 0.05) is 29.8 Å². The molecule has 0 saturated carbocycles. The summed E-state index contributed by atoms with van der Waals surface area (Å²) in [6.07, 6.45) is 0.398. The lowest BCUT2D eigenvalue weighted by molar-refractivity contribution is -0.116. The van der Waals surface area contributed by atoms with Gasteiger partial charge < -0.3 is 16.4 Å². The topological polar surface area (TPSA) is 84.2 Å². The average molecular weight is 263 g/mol. The van der Waals surface area contributed by atoms with E-state index in [1.165, 1.54) is 0 Å². The molecule has 0 unspecified atom stereocenters. The number of amides is 2. The molecule has 0 heterocycles. The summed E-state index contributed by atoms with van der Waals surface area (Å²) in [5.41, 5.74) is 6.22. The number of carbonyl (C=O) groups excluding carboxylic acids is 2. The molecular formula is C14H21N3O2. The molecule has 0 aliphatic heterocycles. The monoisotopic (exact) mass is 263 g/mol. The van der Waals surface area contributed by atoms with Crippen molar-refractivity contribution in [3.05, 3.63) is 29.8 Å². The summed E-state index contributed by atoms with van der Waals surface area (Å²) >= 11 is 0. The summed E-state index contributed by atoms with van der Waals surface area (Å²) in [4.78, 5) is 22.6. The Morgan fingerprint density at radius 3 is 2.21 bits per heavy atom. The second kappa shape index (κ2) is 6.33. The van der Waals surface area contributed by atoms with Crippen molar-refractivity contribution in [1.82, 2.24) is 5.32 Å². The van der Waals surface area contributed by atoms with Crippen LogP contribution in [0.5, 0.6) is 0 Å². The number of hydrogen-bond donors (Lipinski definition) is 3. The van der Waals surface area contributed by atoms with Gasteiger partial charge in [-0.3, -0.25) is 9.59 Å². The third-order valence-electron chi connectivity index (χ3n) is 2.46. The standard InChI is InChI=1S/C14H21N3O2/c1-14(2,3)16-9-8-12(18)17-11-6-4-10(5-7-11)13(15)19/h4-7,16H,8-9H2,1-3H3,(H2,15,19)(H,17,18). The Bertz CT molecular complexity index is 447. The van der Waals surface area contributed by atoms with Crippen LogP contribution in [0.3, 0.4) is 0 Å². The molecule has 0 radical (unpaired) electrons. The first-order valence-corrected chi connectivity index (χ1v) is 6.23. The van der Waals surface area contributed by atoms with Crippen molar-refractivity contribution < 1.29 is 9.59 Å². The predicted molar refractivity (Wildman–Crippen MR) is 76.0 cm³/mol. The number of rotatable bonds is 5. The van der Waals surface area contributed by atoms with Crippen LogP contribution in [0, 0.1) is 0 Å². The van der Waals surface area contributed by atoms with Gasteiger partial charge in [-0.25, -0.2) is 0 Å². The summed E-state index contributed by atoms with van der Waals surface area (Å²) < 4.78 is 0. The quantitative estimate of drug-likeness (QED) is 0.752. The van der Waals surface area contributed by atoms with Gasteiger partial charge in [0.2, 0.25) is 11.8 Å². The fourth-order valence-corrected chi connectivity index (χ4v) is 1.49. The molecule has 0 aromatic heterocycles. The van der Waals surface area contributed by atoms with Gasteiger partial charge in [0.05, 0.1) is 0 Å². The molecule has 19 heavy (non-hydrogen) atoms. The molecular weight excluding hydrogens is 242 g/mol. The zero-order valence-electron chi connectivity index (χ0n) is 11.6. The van der Waals surface area contributed by atoms with Crippen molar-refractivity contribution in [2.24, 2.45) is 5.73 Å². The number of hydrogen-bond acceptors (Lipinski definition) is 3. The highest BCUT2D eigenvalue weighted by Crippen LogP contribution is 2.09. The first kappa shape index (κ1) is 15.2. The third kappa shape index (κ3) is 6.01. The number of benzene rings is 1. The predicted octanol–water partition coefficient (Wildman–Crippen LogP) is 1.50. The highest BCUT2D eigenvalue weighted by Gasteiger charge is 2.09. The van der Waals surface area contributed by atoms with Gasteiger partial charge in [-0.05, 0) is 45.0 Å². The Labute approximate surface area is 113 Å². The molecule has 5 heteroatoms. The largest absolute Gasteiger partial charge is 0.366 e. The number of nitrogens with two attached hydrogens (primary N) is 1. The second-order valence-electron chi connectivity index (χ2n) is 5.42. The van der Waals surface area contributed by atoms with Crippen molar-refractivity contribution in [2.45, 2.75) is 32.7 Å². The van der Waals surface area contributed by atoms with E-state index in [9.17, 15) is 9.59 Å². The van der Waals surface area contributed by atoms with Gasteiger partial charge in [-0.15, -0.1) is 0 Å².